The Kier molecular flexibility index (Phi) is 4.47. The molecular formula is C19H18BrN3O2. The maximum absolute atomic E-state index is 10.8. The molecule has 5 nitrogen and oxygen atoms in total. The monoisotopic (exact) mass is 399 g/mol. The molecule has 0 N–H and O–H groups in total. The second-order valence-corrected chi connectivity index (χ2v) is 7.28. The molecule has 2 aromatic carbocycles. The summed E-state index contributed by atoms with van der Waals surface area (Å²) in [6.07, 6.45) is 3.74. The Morgan fingerprint density at radius 2 is 1.96 bits per heavy atom. The fourth-order valence-corrected chi connectivity index (χ4v) is 3.67. The molecule has 1 heterocycles. The van der Waals surface area contributed by atoms with Crippen molar-refractivity contribution in [2.75, 3.05) is 11.9 Å². The van der Waals surface area contributed by atoms with Crippen LogP contribution >= 0.6 is 15.9 Å². The highest BCUT2D eigenvalue weighted by Gasteiger charge is 2.37. The zero-order chi connectivity index (χ0) is 18.2. The number of anilines is 1. The molecule has 128 valence electrons. The lowest BCUT2D eigenvalue weighted by Crippen LogP contribution is -2.23. The molecule has 2 aromatic rings. The highest BCUT2D eigenvalue weighted by molar-refractivity contribution is 9.10. The fraction of sp³-hybridized carbons (Fsp3) is 0.211. The first-order valence-corrected chi connectivity index (χ1v) is 8.63. The number of halogens is 1. The molecule has 0 saturated carbocycles. The zero-order valence-corrected chi connectivity index (χ0v) is 15.8. The van der Waals surface area contributed by atoms with E-state index in [1.165, 1.54) is 23.4 Å². The van der Waals surface area contributed by atoms with Gasteiger partial charge in [0.15, 0.2) is 0 Å². The van der Waals surface area contributed by atoms with E-state index >= 15 is 0 Å². The smallest absolute Gasteiger partial charge is 0.270 e. The Bertz CT molecular complexity index is 903. The van der Waals surface area contributed by atoms with E-state index in [0.717, 1.165) is 5.70 Å². The molecule has 0 bridgehead atoms. The maximum atomic E-state index is 10.8. The Hall–Kier alpha value is -2.47. The van der Waals surface area contributed by atoms with Crippen molar-refractivity contribution in [3.05, 3.63) is 74.4 Å². The molecule has 0 atom stereocenters. The normalized spacial score (nSPS) is 17.3. The summed E-state index contributed by atoms with van der Waals surface area (Å²) in [5.74, 6) is 0. The maximum Gasteiger partial charge on any atom is 0.270 e. The third-order valence-electron chi connectivity index (χ3n) is 4.53. The van der Waals surface area contributed by atoms with Crippen molar-refractivity contribution in [3.8, 4) is 0 Å². The molecule has 1 aliphatic rings. The summed E-state index contributed by atoms with van der Waals surface area (Å²) < 4.78 is 0.596. The van der Waals surface area contributed by atoms with Gasteiger partial charge in [-0.15, -0.1) is 0 Å². The number of para-hydroxylation sites is 1. The molecule has 0 amide bonds. The van der Waals surface area contributed by atoms with Gasteiger partial charge in [0.05, 0.1) is 10.6 Å². The summed E-state index contributed by atoms with van der Waals surface area (Å²) in [4.78, 5) is 17.0. The number of benzene rings is 2. The largest absolute Gasteiger partial charge is 0.347 e. The number of allylic oxidation sites excluding steroid dienone is 2. The van der Waals surface area contributed by atoms with Gasteiger partial charge in [0, 0.05) is 46.7 Å². The van der Waals surface area contributed by atoms with Crippen molar-refractivity contribution >= 4 is 39.2 Å². The van der Waals surface area contributed by atoms with E-state index in [1.807, 2.05) is 12.1 Å². The average molecular weight is 400 g/mol. The van der Waals surface area contributed by atoms with Crippen LogP contribution < -0.4 is 4.90 Å². The van der Waals surface area contributed by atoms with Gasteiger partial charge in [0.2, 0.25) is 0 Å². The number of rotatable bonds is 3. The van der Waals surface area contributed by atoms with Gasteiger partial charge < -0.3 is 4.90 Å². The van der Waals surface area contributed by atoms with E-state index in [9.17, 15) is 10.1 Å². The molecule has 6 heteroatoms. The van der Waals surface area contributed by atoms with Gasteiger partial charge >= 0.3 is 0 Å². The molecule has 0 radical (unpaired) electrons. The van der Waals surface area contributed by atoms with Gasteiger partial charge in [-0.2, -0.15) is 0 Å². The lowest BCUT2D eigenvalue weighted by molar-refractivity contribution is -0.384. The standard InChI is InChI=1S/C19H18BrN3O2/c1-19(2)14-6-4-5-7-17(14)22(3)18(19)10-11-21-16-9-8-13(23(24)25)12-15(16)20/h4-12H,1-3H3/b18-10+,21-11?. The van der Waals surface area contributed by atoms with Gasteiger partial charge in [0.1, 0.15) is 0 Å². The summed E-state index contributed by atoms with van der Waals surface area (Å²) in [6, 6.07) is 12.9. The van der Waals surface area contributed by atoms with Gasteiger partial charge in [-0.05, 0) is 39.7 Å². The lowest BCUT2D eigenvalue weighted by atomic mass is 9.84. The number of nitro benzene ring substituents is 1. The van der Waals surface area contributed by atoms with Gasteiger partial charge in [-0.3, -0.25) is 15.1 Å². The highest BCUT2D eigenvalue weighted by atomic mass is 79.9. The van der Waals surface area contributed by atoms with Crippen LogP contribution in [0.15, 0.2) is 63.7 Å². The van der Waals surface area contributed by atoms with E-state index in [2.05, 4.69) is 64.9 Å². The van der Waals surface area contributed by atoms with Crippen LogP contribution in [0, 0.1) is 10.1 Å². The predicted octanol–water partition coefficient (Wildman–Crippen LogP) is 5.37. The number of nitrogens with zero attached hydrogens (tertiary/aromatic N) is 3. The minimum absolute atomic E-state index is 0.0382. The van der Waals surface area contributed by atoms with Crippen LogP contribution in [-0.2, 0) is 5.41 Å². The molecule has 0 spiro atoms. The van der Waals surface area contributed by atoms with Crippen molar-refractivity contribution in [2.45, 2.75) is 19.3 Å². The first-order chi connectivity index (χ1) is 11.8. The van der Waals surface area contributed by atoms with Crippen molar-refractivity contribution < 1.29 is 4.92 Å². The number of aliphatic imine (C=N–C) groups is 1. The van der Waals surface area contributed by atoms with Gasteiger partial charge in [0.25, 0.3) is 5.69 Å². The summed E-state index contributed by atoms with van der Waals surface area (Å²) in [5, 5.41) is 10.8. The summed E-state index contributed by atoms with van der Waals surface area (Å²) >= 11 is 3.34. The first kappa shape index (κ1) is 17.4. The van der Waals surface area contributed by atoms with E-state index in [0.29, 0.717) is 10.2 Å². The molecule has 25 heavy (non-hydrogen) atoms. The van der Waals surface area contributed by atoms with E-state index in [1.54, 1.807) is 12.3 Å². The molecule has 0 aliphatic carbocycles. The third-order valence-corrected chi connectivity index (χ3v) is 5.16. The number of hydrogen-bond acceptors (Lipinski definition) is 4. The molecule has 1 aliphatic heterocycles. The fourth-order valence-electron chi connectivity index (χ4n) is 3.20. The first-order valence-electron chi connectivity index (χ1n) is 7.84. The van der Waals surface area contributed by atoms with Gasteiger partial charge in [-0.25, -0.2) is 0 Å². The SMILES string of the molecule is CN1/C(=C/C=Nc2ccc([N+](=O)[O-])cc2Br)C(C)(C)c2ccccc21. The number of hydrogen-bond donors (Lipinski definition) is 0. The Morgan fingerprint density at radius 1 is 1.24 bits per heavy atom. The average Bonchev–Trinajstić information content (AvgIpc) is 2.77. The van der Waals surface area contributed by atoms with Crippen molar-refractivity contribution in [1.82, 2.24) is 0 Å². The molecule has 3 rings (SSSR count). The Morgan fingerprint density at radius 3 is 2.60 bits per heavy atom. The van der Waals surface area contributed by atoms with Crippen LogP contribution in [0.3, 0.4) is 0 Å². The second-order valence-electron chi connectivity index (χ2n) is 6.42. The van der Waals surface area contributed by atoms with Crippen molar-refractivity contribution in [1.29, 1.82) is 0 Å². The van der Waals surface area contributed by atoms with Crippen LogP contribution in [0.25, 0.3) is 0 Å². The number of nitro groups is 1. The van der Waals surface area contributed by atoms with Crippen LogP contribution in [0.1, 0.15) is 19.4 Å². The van der Waals surface area contributed by atoms with Crippen LogP contribution in [0.2, 0.25) is 0 Å². The van der Waals surface area contributed by atoms with Crippen LogP contribution in [0.5, 0.6) is 0 Å². The summed E-state index contributed by atoms with van der Waals surface area (Å²) in [5.41, 5.74) is 4.21. The molecule has 0 saturated heterocycles. The molecule has 0 aromatic heterocycles. The van der Waals surface area contributed by atoms with E-state index in [-0.39, 0.29) is 11.1 Å². The number of fused-ring (bicyclic) bond motifs is 1. The van der Waals surface area contributed by atoms with E-state index in [4.69, 9.17) is 0 Å². The molecular weight excluding hydrogens is 382 g/mol. The number of non-ortho nitro benzene ring substituents is 1. The quantitative estimate of drug-likeness (QED) is 0.395. The minimum Gasteiger partial charge on any atom is -0.347 e. The zero-order valence-electron chi connectivity index (χ0n) is 14.2. The summed E-state index contributed by atoms with van der Waals surface area (Å²) in [7, 11) is 2.05. The number of likely N-dealkylation sites (N-methyl/N-ethyl adjacent to an activating group) is 1. The predicted molar refractivity (Wildman–Crippen MR) is 105 cm³/mol. The van der Waals surface area contributed by atoms with E-state index < -0.39 is 4.92 Å². The minimum atomic E-state index is -0.423. The molecule has 0 unspecified atom stereocenters. The van der Waals surface area contributed by atoms with Crippen LogP contribution in [0.4, 0.5) is 17.1 Å². The second kappa shape index (κ2) is 6.44. The highest BCUT2D eigenvalue weighted by Crippen LogP contribution is 2.46. The topological polar surface area (TPSA) is 58.7 Å². The van der Waals surface area contributed by atoms with Gasteiger partial charge in [-0.1, -0.05) is 32.0 Å². The summed E-state index contributed by atoms with van der Waals surface area (Å²) in [6.45, 7) is 4.38. The third kappa shape index (κ3) is 3.09. The Labute approximate surface area is 155 Å². The molecule has 0 fully saturated rings. The Balaban J connectivity index is 1.90. The van der Waals surface area contributed by atoms with Crippen molar-refractivity contribution in [2.24, 2.45) is 4.99 Å². The van der Waals surface area contributed by atoms with Crippen LogP contribution in [-0.4, -0.2) is 18.2 Å². The van der Waals surface area contributed by atoms with Crippen molar-refractivity contribution in [3.63, 3.8) is 0 Å². The lowest BCUT2D eigenvalue weighted by Gasteiger charge is -2.23.